The van der Waals surface area contributed by atoms with Gasteiger partial charge in [-0.3, -0.25) is 4.90 Å². The maximum atomic E-state index is 13.1. The van der Waals surface area contributed by atoms with Crippen LogP contribution >= 0.6 is 0 Å². The maximum absolute atomic E-state index is 13.1. The normalized spacial score (nSPS) is 24.2. The summed E-state index contributed by atoms with van der Waals surface area (Å²) >= 11 is 0. The monoisotopic (exact) mass is 374 g/mol. The van der Waals surface area contributed by atoms with E-state index in [0.29, 0.717) is 6.04 Å². The average molecular weight is 374 g/mol. The van der Waals surface area contributed by atoms with E-state index < -0.39 is 29.9 Å². The van der Waals surface area contributed by atoms with Crippen LogP contribution in [0.5, 0.6) is 0 Å². The Labute approximate surface area is 156 Å². The molecule has 1 aliphatic carbocycles. The summed E-state index contributed by atoms with van der Waals surface area (Å²) in [4.78, 5) is 23.3. The fraction of sp³-hybridized carbons (Fsp3) is 0.895. The van der Waals surface area contributed by atoms with Crippen molar-refractivity contribution < 1.29 is 23.8 Å². The number of hydrogen-bond donors (Lipinski definition) is 2. The number of ether oxygens (including phenoxy) is 1. The van der Waals surface area contributed by atoms with Gasteiger partial charge in [-0.2, -0.15) is 0 Å². The average Bonchev–Trinajstić information content (AvgIpc) is 2.89. The molecule has 26 heavy (non-hydrogen) atoms. The van der Waals surface area contributed by atoms with Crippen molar-refractivity contribution in [2.24, 2.45) is 0 Å². The summed E-state index contributed by atoms with van der Waals surface area (Å²) in [5, 5.41) is 12.4. The first-order valence-corrected chi connectivity index (χ1v) is 9.62. The molecule has 152 valence electrons. The first kappa shape index (κ1) is 22.7. The van der Waals surface area contributed by atoms with Crippen LogP contribution in [0, 0.1) is 0 Å². The third-order valence-electron chi connectivity index (χ3n) is 4.34. The summed E-state index contributed by atoms with van der Waals surface area (Å²) in [6.07, 6.45) is 4.88. The minimum Gasteiger partial charge on any atom is -0.480 e. The molecule has 2 N–H and O–H groups in total. The molecule has 0 unspecified atom stereocenters. The van der Waals surface area contributed by atoms with Crippen LogP contribution < -0.4 is 5.32 Å². The molecule has 1 saturated carbocycles. The number of amides is 1. The lowest BCUT2D eigenvalue weighted by atomic mass is 9.95. The van der Waals surface area contributed by atoms with E-state index in [2.05, 4.69) is 19.2 Å². The maximum Gasteiger partial charge on any atom is 0.411 e. The van der Waals surface area contributed by atoms with Crippen molar-refractivity contribution >= 4 is 12.1 Å². The van der Waals surface area contributed by atoms with Crippen LogP contribution in [0.25, 0.3) is 0 Å². The Bertz CT molecular complexity index is 459. The van der Waals surface area contributed by atoms with Gasteiger partial charge in [0.25, 0.3) is 0 Å². The summed E-state index contributed by atoms with van der Waals surface area (Å²) in [5.74, 6) is -1.20. The molecule has 1 saturated heterocycles. The Morgan fingerprint density at radius 1 is 1.19 bits per heavy atom. The molecule has 7 heteroatoms. The van der Waals surface area contributed by atoms with Crippen LogP contribution in [-0.2, 0) is 9.53 Å². The Morgan fingerprint density at radius 3 is 2.23 bits per heavy atom. The summed E-state index contributed by atoms with van der Waals surface area (Å²) in [6.45, 7) is 9.26. The third kappa shape index (κ3) is 8.34. The van der Waals surface area contributed by atoms with Crippen molar-refractivity contribution in [1.82, 2.24) is 10.2 Å². The zero-order valence-electron chi connectivity index (χ0n) is 16.8. The zero-order chi connectivity index (χ0) is 19.9. The Balaban J connectivity index is 0.000000289. The van der Waals surface area contributed by atoms with E-state index in [1.54, 1.807) is 20.8 Å². The van der Waals surface area contributed by atoms with Crippen molar-refractivity contribution in [3.63, 3.8) is 0 Å². The number of carbonyl (C=O) groups excluding carboxylic acids is 1. The summed E-state index contributed by atoms with van der Waals surface area (Å²) in [5.41, 5.74) is -0.714. The fourth-order valence-corrected chi connectivity index (χ4v) is 3.28. The molecule has 2 aliphatic rings. The number of hydrogen-bond acceptors (Lipinski definition) is 4. The van der Waals surface area contributed by atoms with E-state index in [0.717, 1.165) is 10.9 Å². The predicted octanol–water partition coefficient (Wildman–Crippen LogP) is 3.74. The topological polar surface area (TPSA) is 78.9 Å². The van der Waals surface area contributed by atoms with Gasteiger partial charge in [0.1, 0.15) is 17.8 Å². The van der Waals surface area contributed by atoms with Crippen LogP contribution in [0.2, 0.25) is 0 Å². The molecule has 2 rings (SSSR count). The molecule has 0 aromatic carbocycles. The van der Waals surface area contributed by atoms with Gasteiger partial charge in [0, 0.05) is 18.5 Å². The van der Waals surface area contributed by atoms with E-state index in [4.69, 9.17) is 9.84 Å². The first-order chi connectivity index (χ1) is 12.0. The zero-order valence-corrected chi connectivity index (χ0v) is 16.8. The number of aliphatic carboxylic acids is 1. The van der Waals surface area contributed by atoms with Gasteiger partial charge in [-0.15, -0.1) is 0 Å². The number of likely N-dealkylation sites (tertiary alicyclic amines) is 1. The fourth-order valence-electron chi connectivity index (χ4n) is 3.28. The number of rotatable bonds is 3. The second-order valence-electron chi connectivity index (χ2n) is 8.48. The number of carbonyl (C=O) groups is 2. The molecule has 0 spiro atoms. The highest BCUT2D eigenvalue weighted by Gasteiger charge is 2.41. The lowest BCUT2D eigenvalue weighted by Crippen LogP contribution is -2.43. The smallest absolute Gasteiger partial charge is 0.411 e. The largest absolute Gasteiger partial charge is 0.480 e. The number of nitrogens with one attached hydrogen (secondary N) is 1. The van der Waals surface area contributed by atoms with Crippen molar-refractivity contribution in [2.75, 3.05) is 6.54 Å². The van der Waals surface area contributed by atoms with Gasteiger partial charge in [-0.1, -0.05) is 33.1 Å². The van der Waals surface area contributed by atoms with Crippen molar-refractivity contribution in [2.45, 2.75) is 103 Å². The summed E-state index contributed by atoms with van der Waals surface area (Å²) in [7, 11) is 0. The Hall–Kier alpha value is -1.37. The van der Waals surface area contributed by atoms with Gasteiger partial charge in [0.2, 0.25) is 0 Å². The van der Waals surface area contributed by atoms with E-state index in [1.165, 1.54) is 32.1 Å². The molecule has 2 fully saturated rings. The molecule has 0 aromatic heterocycles. The number of carboxylic acids is 1. The lowest BCUT2D eigenvalue weighted by molar-refractivity contribution is -0.142. The van der Waals surface area contributed by atoms with Crippen LogP contribution in [-0.4, -0.2) is 58.5 Å². The van der Waals surface area contributed by atoms with Crippen molar-refractivity contribution in [3.8, 4) is 0 Å². The predicted molar refractivity (Wildman–Crippen MR) is 99.0 cm³/mol. The van der Waals surface area contributed by atoms with Crippen molar-refractivity contribution in [1.29, 1.82) is 0 Å². The summed E-state index contributed by atoms with van der Waals surface area (Å²) < 4.78 is 18.1. The number of alkyl halides is 1. The second-order valence-corrected chi connectivity index (χ2v) is 8.48. The highest BCUT2D eigenvalue weighted by atomic mass is 19.1. The van der Waals surface area contributed by atoms with Gasteiger partial charge in [0.15, 0.2) is 0 Å². The minimum absolute atomic E-state index is 0.172. The molecule has 6 nitrogen and oxygen atoms in total. The molecular weight excluding hydrogens is 339 g/mol. The van der Waals surface area contributed by atoms with E-state index in [-0.39, 0.29) is 13.0 Å². The second kappa shape index (κ2) is 10.1. The Kier molecular flexibility index (Phi) is 8.80. The van der Waals surface area contributed by atoms with Gasteiger partial charge < -0.3 is 15.2 Å². The van der Waals surface area contributed by atoms with Crippen LogP contribution in [0.1, 0.15) is 73.1 Å². The standard InChI is InChI=1S/C10H16FNO4.C9H19N/c1-10(2,3)16-9(15)12-5-6(11)4-7(12)8(13)14;1-8(2)10-9-6-4-3-5-7-9/h6-7H,4-5H2,1-3H3,(H,13,14);8-10H,3-7H2,1-2H3/t6-,7+;/m1./s1. The highest BCUT2D eigenvalue weighted by molar-refractivity contribution is 5.81. The molecule has 1 heterocycles. The molecule has 0 radical (unpaired) electrons. The molecule has 0 aromatic rings. The van der Waals surface area contributed by atoms with E-state index >= 15 is 0 Å². The number of halogens is 1. The van der Waals surface area contributed by atoms with E-state index in [1.807, 2.05) is 0 Å². The van der Waals surface area contributed by atoms with Crippen LogP contribution in [0.3, 0.4) is 0 Å². The molecule has 1 aliphatic heterocycles. The van der Waals surface area contributed by atoms with Gasteiger partial charge in [-0.05, 0) is 33.6 Å². The number of nitrogens with zero attached hydrogens (tertiary/aromatic N) is 1. The van der Waals surface area contributed by atoms with E-state index in [9.17, 15) is 14.0 Å². The quantitative estimate of drug-likeness (QED) is 0.787. The molecule has 2 atom stereocenters. The number of carboxylic acid groups (broad SMARTS) is 1. The highest BCUT2D eigenvalue weighted by Crippen LogP contribution is 2.23. The Morgan fingerprint density at radius 2 is 1.77 bits per heavy atom. The first-order valence-electron chi connectivity index (χ1n) is 9.62. The molecular formula is C19H35FN2O4. The summed E-state index contributed by atoms with van der Waals surface area (Å²) in [6, 6.07) is 0.377. The lowest BCUT2D eigenvalue weighted by Gasteiger charge is -2.26. The van der Waals surface area contributed by atoms with Gasteiger partial charge in [-0.25, -0.2) is 14.0 Å². The molecule has 1 amide bonds. The van der Waals surface area contributed by atoms with Gasteiger partial charge in [0.05, 0.1) is 6.54 Å². The third-order valence-corrected chi connectivity index (χ3v) is 4.34. The minimum atomic E-state index is -1.30. The molecule has 0 bridgehead atoms. The van der Waals surface area contributed by atoms with Crippen LogP contribution in [0.4, 0.5) is 9.18 Å². The van der Waals surface area contributed by atoms with Crippen molar-refractivity contribution in [3.05, 3.63) is 0 Å². The van der Waals surface area contributed by atoms with Gasteiger partial charge >= 0.3 is 12.1 Å². The van der Waals surface area contributed by atoms with Crippen LogP contribution in [0.15, 0.2) is 0 Å². The SMILES string of the molecule is CC(C)(C)OC(=O)N1C[C@H](F)C[C@H]1C(=O)O.CC(C)NC1CCCCC1.